The summed E-state index contributed by atoms with van der Waals surface area (Å²) in [7, 11) is 0. The van der Waals surface area contributed by atoms with Gasteiger partial charge in [0.05, 0.1) is 5.69 Å². The van der Waals surface area contributed by atoms with Crippen LogP contribution in [0.1, 0.15) is 0 Å². The number of para-hydroxylation sites is 1. The fraction of sp³-hybridized carbons (Fsp3) is 0. The van der Waals surface area contributed by atoms with Crippen molar-refractivity contribution in [3.63, 3.8) is 0 Å². The van der Waals surface area contributed by atoms with Crippen LogP contribution < -0.4 is 21.1 Å². The van der Waals surface area contributed by atoms with Crippen molar-refractivity contribution >= 4 is 23.2 Å². The molecule has 0 unspecified atom stereocenters. The summed E-state index contributed by atoms with van der Waals surface area (Å²) in [5, 5.41) is 5.06. The molecule has 2 amide bonds. The van der Waals surface area contributed by atoms with Crippen LogP contribution in [0.3, 0.4) is 0 Å². The molecule has 0 aliphatic heterocycles. The Kier molecular flexibility index (Phi) is 4.93. The molecule has 0 aliphatic carbocycles. The Labute approximate surface area is 147 Å². The number of hydrogen-bond acceptors (Lipinski definition) is 4. The number of nitrogens with one attached hydrogen (secondary N) is 2. The van der Waals surface area contributed by atoms with Crippen molar-refractivity contribution in [2.45, 2.75) is 0 Å². The van der Waals surface area contributed by atoms with Gasteiger partial charge in [-0.25, -0.2) is 14.2 Å². The number of nitrogens with zero attached hydrogens (tertiary/aromatic N) is 1. The second-order valence-electron chi connectivity index (χ2n) is 5.20. The lowest BCUT2D eigenvalue weighted by Gasteiger charge is -2.11. The number of nitrogens with two attached hydrogens (primary N) is 1. The number of benzene rings is 2. The van der Waals surface area contributed by atoms with Crippen LogP contribution in [0, 0.1) is 11.6 Å². The zero-order valence-electron chi connectivity index (χ0n) is 13.4. The number of halogens is 2. The molecule has 0 atom stereocenters. The van der Waals surface area contributed by atoms with Crippen LogP contribution in [-0.2, 0) is 0 Å². The van der Waals surface area contributed by atoms with Gasteiger partial charge in [-0.2, -0.15) is 4.39 Å². The highest BCUT2D eigenvalue weighted by Gasteiger charge is 2.16. The van der Waals surface area contributed by atoms with Crippen molar-refractivity contribution in [2.75, 3.05) is 10.6 Å². The van der Waals surface area contributed by atoms with Gasteiger partial charge in [-0.05, 0) is 30.3 Å². The lowest BCUT2D eigenvalue weighted by atomic mass is 10.2. The molecule has 8 heteroatoms. The van der Waals surface area contributed by atoms with Gasteiger partial charge >= 0.3 is 6.03 Å². The van der Waals surface area contributed by atoms with Crippen LogP contribution in [0.4, 0.5) is 30.8 Å². The maximum Gasteiger partial charge on any atom is 0.316 e. The summed E-state index contributed by atoms with van der Waals surface area (Å²) < 4.78 is 33.5. The first-order chi connectivity index (χ1) is 12.5. The second-order valence-corrected chi connectivity index (χ2v) is 5.20. The number of anilines is 3. The number of primary amides is 1. The third-order valence-corrected chi connectivity index (χ3v) is 3.31. The molecular weight excluding hydrogens is 342 g/mol. The molecule has 3 aromatic rings. The van der Waals surface area contributed by atoms with Crippen molar-refractivity contribution in [1.82, 2.24) is 4.98 Å². The van der Waals surface area contributed by atoms with Gasteiger partial charge in [0.25, 0.3) is 0 Å². The van der Waals surface area contributed by atoms with Crippen LogP contribution in [0.2, 0.25) is 0 Å². The van der Waals surface area contributed by atoms with Gasteiger partial charge in [-0.15, -0.1) is 0 Å². The molecule has 6 nitrogen and oxygen atoms in total. The summed E-state index contributed by atoms with van der Waals surface area (Å²) in [5.41, 5.74) is 5.34. The van der Waals surface area contributed by atoms with E-state index in [1.807, 2.05) is 35.6 Å². The SMILES string of the molecule is NC(=O)Nc1ccc(Oc2ccnc(Nc3ccccc3)c2)c(F)c1F. The molecule has 0 bridgehead atoms. The van der Waals surface area contributed by atoms with Gasteiger partial charge in [0.1, 0.15) is 11.6 Å². The molecule has 3 rings (SSSR count). The number of pyridine rings is 1. The minimum atomic E-state index is -1.27. The summed E-state index contributed by atoms with van der Waals surface area (Å²) in [6.07, 6.45) is 1.47. The zero-order valence-corrected chi connectivity index (χ0v) is 13.4. The number of carbonyl (C=O) groups is 1. The van der Waals surface area contributed by atoms with Crippen LogP contribution >= 0.6 is 0 Å². The highest BCUT2D eigenvalue weighted by Crippen LogP contribution is 2.30. The molecule has 132 valence electrons. The molecule has 26 heavy (non-hydrogen) atoms. The minimum absolute atomic E-state index is 0.257. The van der Waals surface area contributed by atoms with Gasteiger partial charge in [0.15, 0.2) is 11.6 Å². The molecule has 0 radical (unpaired) electrons. The van der Waals surface area contributed by atoms with E-state index in [4.69, 9.17) is 10.5 Å². The molecular formula is C18H14F2N4O2. The Bertz CT molecular complexity index is 936. The Morgan fingerprint density at radius 3 is 2.54 bits per heavy atom. The fourth-order valence-corrected chi connectivity index (χ4v) is 2.18. The Morgan fingerprint density at radius 1 is 1.04 bits per heavy atom. The normalized spacial score (nSPS) is 10.2. The van der Waals surface area contributed by atoms with E-state index in [-0.39, 0.29) is 17.2 Å². The maximum absolute atomic E-state index is 14.1. The highest BCUT2D eigenvalue weighted by atomic mass is 19.2. The average Bonchev–Trinajstić information content (AvgIpc) is 2.62. The van der Waals surface area contributed by atoms with Crippen molar-refractivity contribution < 1.29 is 18.3 Å². The number of hydrogen-bond donors (Lipinski definition) is 3. The van der Waals surface area contributed by atoms with Gasteiger partial charge in [-0.3, -0.25) is 0 Å². The largest absolute Gasteiger partial charge is 0.454 e. The smallest absolute Gasteiger partial charge is 0.316 e. The second kappa shape index (κ2) is 7.47. The molecule has 4 N–H and O–H groups in total. The minimum Gasteiger partial charge on any atom is -0.454 e. The molecule has 2 aromatic carbocycles. The highest BCUT2D eigenvalue weighted by molar-refractivity contribution is 5.88. The van der Waals surface area contributed by atoms with Gasteiger partial charge in [0.2, 0.25) is 5.82 Å². The molecule has 0 saturated heterocycles. The van der Waals surface area contributed by atoms with Crippen LogP contribution in [0.25, 0.3) is 0 Å². The van der Waals surface area contributed by atoms with Crippen molar-refractivity contribution in [2.24, 2.45) is 5.73 Å². The quantitative estimate of drug-likeness (QED) is 0.633. The topological polar surface area (TPSA) is 89.3 Å². The first-order valence-electron chi connectivity index (χ1n) is 7.53. The van der Waals surface area contributed by atoms with Crippen molar-refractivity contribution in [3.05, 3.63) is 72.4 Å². The predicted molar refractivity (Wildman–Crippen MR) is 93.6 cm³/mol. The third kappa shape index (κ3) is 4.04. The first kappa shape index (κ1) is 17.2. The van der Waals surface area contributed by atoms with Crippen LogP contribution in [0.15, 0.2) is 60.8 Å². The Morgan fingerprint density at radius 2 is 1.81 bits per heavy atom. The number of urea groups is 1. The lowest BCUT2D eigenvalue weighted by molar-refractivity contribution is 0.259. The van der Waals surface area contributed by atoms with E-state index in [1.54, 1.807) is 6.07 Å². The van der Waals surface area contributed by atoms with Crippen molar-refractivity contribution in [3.8, 4) is 11.5 Å². The molecule has 0 saturated carbocycles. The van der Waals surface area contributed by atoms with Crippen LogP contribution in [0.5, 0.6) is 11.5 Å². The summed E-state index contributed by atoms with van der Waals surface area (Å²) in [5.74, 6) is -2.12. The molecule has 0 aliphatic rings. The first-order valence-corrected chi connectivity index (χ1v) is 7.53. The van der Waals surface area contributed by atoms with E-state index in [2.05, 4.69) is 10.3 Å². The van der Waals surface area contributed by atoms with Gasteiger partial charge < -0.3 is 21.1 Å². The van der Waals surface area contributed by atoms with Crippen molar-refractivity contribution in [1.29, 1.82) is 0 Å². The standard InChI is InChI=1S/C18H14F2N4O2/c19-16-13(24-18(21)25)6-7-14(17(16)20)26-12-8-9-22-15(10-12)23-11-4-2-1-3-5-11/h1-10H,(H,22,23)(H3,21,24,25). The van der Waals surface area contributed by atoms with Gasteiger partial charge in [0, 0.05) is 18.0 Å². The Balaban J connectivity index is 1.80. The summed E-state index contributed by atoms with van der Waals surface area (Å²) >= 11 is 0. The van der Waals surface area contributed by atoms with E-state index >= 15 is 0 Å². The summed E-state index contributed by atoms with van der Waals surface area (Å²) in [4.78, 5) is 14.9. The summed E-state index contributed by atoms with van der Waals surface area (Å²) in [6.45, 7) is 0. The Hall–Kier alpha value is -3.68. The van der Waals surface area contributed by atoms with E-state index < -0.39 is 17.7 Å². The average molecular weight is 356 g/mol. The van der Waals surface area contributed by atoms with E-state index in [9.17, 15) is 13.6 Å². The van der Waals surface area contributed by atoms with Gasteiger partial charge in [-0.1, -0.05) is 18.2 Å². The molecule has 0 spiro atoms. The number of aromatic nitrogens is 1. The van der Waals surface area contributed by atoms with E-state index in [1.165, 1.54) is 18.3 Å². The monoisotopic (exact) mass is 356 g/mol. The number of ether oxygens (including phenoxy) is 1. The van der Waals surface area contributed by atoms with E-state index in [0.29, 0.717) is 5.82 Å². The molecule has 1 aromatic heterocycles. The maximum atomic E-state index is 14.1. The van der Waals surface area contributed by atoms with Crippen LogP contribution in [-0.4, -0.2) is 11.0 Å². The molecule has 0 fully saturated rings. The fourth-order valence-electron chi connectivity index (χ4n) is 2.18. The number of amides is 2. The summed E-state index contributed by atoms with van der Waals surface area (Å²) in [6, 6.07) is 13.7. The molecule has 1 heterocycles. The number of carbonyl (C=O) groups excluding carboxylic acids is 1. The predicted octanol–water partition coefficient (Wildman–Crippen LogP) is 4.39. The third-order valence-electron chi connectivity index (χ3n) is 3.31. The number of rotatable bonds is 5. The lowest BCUT2D eigenvalue weighted by Crippen LogP contribution is -2.20. The zero-order chi connectivity index (χ0) is 18.5. The van der Waals surface area contributed by atoms with E-state index in [0.717, 1.165) is 11.8 Å².